The fourth-order valence-corrected chi connectivity index (χ4v) is 7.79. The van der Waals surface area contributed by atoms with Gasteiger partial charge >= 0.3 is 19.1 Å². The summed E-state index contributed by atoms with van der Waals surface area (Å²) in [5, 5.41) is 24.5. The number of hydrogen-bond acceptors (Lipinski definition) is 12. The first-order valence-corrected chi connectivity index (χ1v) is 24.4. The maximum absolute atomic E-state index is 13.5. The largest absolute Gasteiger partial charge is 0.493 e. The van der Waals surface area contributed by atoms with Crippen LogP contribution in [-0.2, 0) is 9.47 Å². The quantitative estimate of drug-likeness (QED) is 0.0669. The number of halogens is 2. The zero-order valence-corrected chi connectivity index (χ0v) is 44.3. The number of fused-ring (bicyclic) bond motifs is 2. The average molecular weight is 1040 g/mol. The summed E-state index contributed by atoms with van der Waals surface area (Å²) >= 11 is 0. The van der Waals surface area contributed by atoms with Crippen LogP contribution >= 0.6 is 0 Å². The molecule has 8 aromatic rings. The van der Waals surface area contributed by atoms with Gasteiger partial charge < -0.3 is 48.5 Å². The van der Waals surface area contributed by atoms with Crippen LogP contribution in [0.2, 0.25) is 0 Å². The van der Waals surface area contributed by atoms with Crippen LogP contribution in [0.4, 0.5) is 8.78 Å². The van der Waals surface area contributed by atoms with Crippen LogP contribution in [-0.4, -0.2) is 79.4 Å². The van der Waals surface area contributed by atoms with Gasteiger partial charge in [-0.1, -0.05) is 24.3 Å². The molecular formula is C59H61BF2N2O12. The van der Waals surface area contributed by atoms with Crippen molar-refractivity contribution in [2.75, 3.05) is 27.3 Å². The van der Waals surface area contributed by atoms with Crippen molar-refractivity contribution in [3.05, 3.63) is 161 Å². The first-order chi connectivity index (χ1) is 35.9. The molecule has 0 aliphatic carbocycles. The summed E-state index contributed by atoms with van der Waals surface area (Å²) in [5.41, 5.74) is 5.08. The second kappa shape index (κ2) is 24.4. The highest BCUT2D eigenvalue weighted by atomic mass is 19.1. The molecule has 396 valence electrons. The van der Waals surface area contributed by atoms with Gasteiger partial charge in [-0.05, 0) is 164 Å². The fraction of sp³-hybridized carbons (Fsp3) is 0.254. The Morgan fingerprint density at radius 1 is 0.566 bits per heavy atom. The van der Waals surface area contributed by atoms with Crippen LogP contribution in [0.1, 0.15) is 102 Å². The van der Waals surface area contributed by atoms with Gasteiger partial charge in [-0.2, -0.15) is 0 Å². The normalized spacial score (nSPS) is 11.1. The standard InChI is InChI=1S/C29H28FNO5.C19H18FNO3.C11H15BO4/c1-6-34-23-16-24-22(25(27(32)31-5)26(35-24)17-10-12-20(30)13-11-17)15-21(23)18-8-7-9-19(14-18)28(33)36-29(2,3)4;1-4-23-15-10-16-14(9-11(15)2)17(19(22)21-3)18(24-16)12-5-7-13(20)8-6-12;1-11(2,3)16-10(13)8-5-4-6-9(7-8)12(14)15/h7-16H,6H2,1-5H3,(H,31,32);5-10H,4H2,1-3H3,(H,21,22);4-7,14-15H,1-3H3. The van der Waals surface area contributed by atoms with E-state index in [1.807, 2.05) is 59.7 Å². The third-order valence-corrected chi connectivity index (χ3v) is 11.1. The molecule has 76 heavy (non-hydrogen) atoms. The van der Waals surface area contributed by atoms with Crippen molar-refractivity contribution in [2.24, 2.45) is 0 Å². The van der Waals surface area contributed by atoms with Crippen LogP contribution in [0, 0.1) is 18.6 Å². The van der Waals surface area contributed by atoms with Gasteiger partial charge in [0.1, 0.15) is 57.0 Å². The lowest BCUT2D eigenvalue weighted by atomic mass is 9.80. The maximum atomic E-state index is 13.5. The van der Waals surface area contributed by atoms with Gasteiger partial charge in [0.15, 0.2) is 0 Å². The molecule has 0 radical (unpaired) electrons. The Kier molecular flexibility index (Phi) is 18.3. The number of hydrogen-bond donors (Lipinski definition) is 4. The lowest BCUT2D eigenvalue weighted by Gasteiger charge is -2.19. The first kappa shape index (κ1) is 57.0. The highest BCUT2D eigenvalue weighted by Gasteiger charge is 2.26. The fourth-order valence-electron chi connectivity index (χ4n) is 7.79. The lowest BCUT2D eigenvalue weighted by Crippen LogP contribution is -2.31. The van der Waals surface area contributed by atoms with Crippen LogP contribution < -0.4 is 25.6 Å². The molecule has 0 saturated heterocycles. The van der Waals surface area contributed by atoms with E-state index in [2.05, 4.69) is 10.6 Å². The summed E-state index contributed by atoms with van der Waals surface area (Å²) in [7, 11) is 1.52. The zero-order chi connectivity index (χ0) is 55.6. The van der Waals surface area contributed by atoms with E-state index in [4.69, 9.17) is 37.8 Å². The molecule has 6 aromatic carbocycles. The Hall–Kier alpha value is -8.28. The number of aryl methyl sites for hydroxylation is 1. The molecule has 0 atom stereocenters. The molecule has 0 fully saturated rings. The Bertz CT molecular complexity index is 3370. The molecule has 8 rings (SSSR count). The van der Waals surface area contributed by atoms with E-state index in [0.717, 1.165) is 11.1 Å². The van der Waals surface area contributed by atoms with E-state index < -0.39 is 30.3 Å². The maximum Gasteiger partial charge on any atom is 0.488 e. The minimum absolute atomic E-state index is 0.253. The number of rotatable bonds is 12. The van der Waals surface area contributed by atoms with Crippen molar-refractivity contribution >= 4 is 58.3 Å². The molecular weight excluding hydrogens is 977 g/mol. The van der Waals surface area contributed by atoms with E-state index in [-0.39, 0.29) is 28.9 Å². The van der Waals surface area contributed by atoms with Crippen LogP contribution in [0.3, 0.4) is 0 Å². The first-order valence-electron chi connectivity index (χ1n) is 24.4. The number of nitrogens with one attached hydrogen (secondary N) is 2. The third kappa shape index (κ3) is 14.1. The van der Waals surface area contributed by atoms with Gasteiger partial charge in [0.05, 0.1) is 35.5 Å². The Morgan fingerprint density at radius 3 is 1.45 bits per heavy atom. The summed E-state index contributed by atoms with van der Waals surface area (Å²) in [6.07, 6.45) is 0. The van der Waals surface area contributed by atoms with Crippen molar-refractivity contribution in [1.29, 1.82) is 0 Å². The van der Waals surface area contributed by atoms with Crippen molar-refractivity contribution < 1.29 is 65.8 Å². The molecule has 2 heterocycles. The molecule has 0 unspecified atom stereocenters. The van der Waals surface area contributed by atoms with E-state index in [0.29, 0.717) is 97.1 Å². The van der Waals surface area contributed by atoms with E-state index >= 15 is 0 Å². The van der Waals surface area contributed by atoms with Crippen molar-refractivity contribution in [3.8, 4) is 45.3 Å². The molecule has 0 spiro atoms. The minimum Gasteiger partial charge on any atom is -0.493 e. The molecule has 0 aliphatic heterocycles. The van der Waals surface area contributed by atoms with Crippen LogP contribution in [0.5, 0.6) is 11.5 Å². The average Bonchev–Trinajstić information content (AvgIpc) is 3.94. The van der Waals surface area contributed by atoms with Crippen molar-refractivity contribution in [2.45, 2.75) is 73.5 Å². The summed E-state index contributed by atoms with van der Waals surface area (Å²) in [6.45, 7) is 17.4. The molecule has 0 bridgehead atoms. The summed E-state index contributed by atoms with van der Waals surface area (Å²) in [6, 6.07) is 32.0. The predicted octanol–water partition coefficient (Wildman–Crippen LogP) is 11.2. The van der Waals surface area contributed by atoms with Crippen molar-refractivity contribution in [3.63, 3.8) is 0 Å². The molecule has 2 aromatic heterocycles. The number of furan rings is 2. The third-order valence-electron chi connectivity index (χ3n) is 11.1. The summed E-state index contributed by atoms with van der Waals surface area (Å²) < 4.78 is 60.9. The second-order valence-corrected chi connectivity index (χ2v) is 19.2. The van der Waals surface area contributed by atoms with E-state index in [9.17, 15) is 28.0 Å². The number of carbonyl (C=O) groups is 4. The van der Waals surface area contributed by atoms with Crippen LogP contribution in [0.25, 0.3) is 55.7 Å². The predicted molar refractivity (Wildman–Crippen MR) is 289 cm³/mol. The highest BCUT2D eigenvalue weighted by molar-refractivity contribution is 6.58. The Labute approximate surface area is 440 Å². The highest BCUT2D eigenvalue weighted by Crippen LogP contribution is 2.42. The second-order valence-electron chi connectivity index (χ2n) is 19.2. The number of ether oxygens (including phenoxy) is 4. The lowest BCUT2D eigenvalue weighted by molar-refractivity contribution is 0.00571. The Balaban J connectivity index is 0.000000202. The number of benzene rings is 6. The van der Waals surface area contributed by atoms with E-state index in [1.165, 1.54) is 43.4 Å². The molecule has 17 heteroatoms. The van der Waals surface area contributed by atoms with Gasteiger partial charge in [-0.3, -0.25) is 9.59 Å². The van der Waals surface area contributed by atoms with Gasteiger partial charge in [0, 0.05) is 53.7 Å². The zero-order valence-electron chi connectivity index (χ0n) is 44.3. The van der Waals surface area contributed by atoms with Gasteiger partial charge in [0.25, 0.3) is 11.8 Å². The monoisotopic (exact) mass is 1040 g/mol. The van der Waals surface area contributed by atoms with Crippen LogP contribution in [0.15, 0.2) is 130 Å². The SMILES string of the molecule is CC(C)(C)OC(=O)c1cccc(B(O)O)c1.CCOc1cc2oc(-c3ccc(F)cc3)c(C(=O)NC)c2cc1-c1cccc(C(=O)OC(C)(C)C)c1.CCOc1cc2oc(-c3ccc(F)cc3)c(C(=O)NC)c2cc1C. The molecule has 4 N–H and O–H groups in total. The van der Waals surface area contributed by atoms with Gasteiger partial charge in [-0.25, -0.2) is 18.4 Å². The minimum atomic E-state index is -1.58. The smallest absolute Gasteiger partial charge is 0.488 e. The van der Waals surface area contributed by atoms with Crippen molar-refractivity contribution in [1.82, 2.24) is 10.6 Å². The molecule has 0 aliphatic rings. The van der Waals surface area contributed by atoms with Gasteiger partial charge in [0.2, 0.25) is 0 Å². The summed E-state index contributed by atoms with van der Waals surface area (Å²) in [5.74, 6) is -0.243. The van der Waals surface area contributed by atoms with Gasteiger partial charge in [-0.15, -0.1) is 0 Å². The van der Waals surface area contributed by atoms with E-state index in [1.54, 1.807) is 94.5 Å². The number of amides is 2. The molecule has 0 saturated carbocycles. The molecule has 14 nitrogen and oxygen atoms in total. The number of carbonyl (C=O) groups excluding carboxylic acids is 4. The Morgan fingerprint density at radius 2 is 1.00 bits per heavy atom. The number of esters is 2. The molecule has 2 amide bonds. The topological polar surface area (TPSA) is 196 Å². The summed E-state index contributed by atoms with van der Waals surface area (Å²) in [4.78, 5) is 49.7.